The Morgan fingerprint density at radius 3 is 2.38 bits per heavy atom. The molecule has 1 aliphatic rings. The van der Waals surface area contributed by atoms with Crippen molar-refractivity contribution < 1.29 is 8.42 Å². The zero-order valence-corrected chi connectivity index (χ0v) is 20.5. The summed E-state index contributed by atoms with van der Waals surface area (Å²) in [6, 6.07) is 0.396. The number of sulfone groups is 1. The Labute approximate surface area is 178 Å². The molecule has 0 saturated heterocycles. The van der Waals surface area contributed by atoms with E-state index >= 15 is 0 Å². The van der Waals surface area contributed by atoms with Crippen LogP contribution in [0.3, 0.4) is 0 Å². The highest BCUT2D eigenvalue weighted by atomic mass is 127. The molecule has 156 valence electrons. The van der Waals surface area contributed by atoms with E-state index in [1.165, 1.54) is 51.2 Å². The molecule has 5 nitrogen and oxygen atoms in total. The molecule has 0 heterocycles. The van der Waals surface area contributed by atoms with Crippen LogP contribution in [0.5, 0.6) is 0 Å². The summed E-state index contributed by atoms with van der Waals surface area (Å²) >= 11 is 0. The normalized spacial score (nSPS) is 18.1. The predicted octanol–water partition coefficient (Wildman–Crippen LogP) is 3.98. The number of guanidine groups is 1. The molecule has 1 saturated carbocycles. The molecule has 1 aliphatic carbocycles. The number of rotatable bonds is 9. The highest BCUT2D eigenvalue weighted by molar-refractivity contribution is 14.0. The van der Waals surface area contributed by atoms with Gasteiger partial charge in [0.05, 0.1) is 5.75 Å². The monoisotopic (exact) mass is 501 g/mol. The zero-order chi connectivity index (χ0) is 18.9. The third-order valence-corrected chi connectivity index (χ3v) is 6.17. The largest absolute Gasteiger partial charge is 0.356 e. The van der Waals surface area contributed by atoms with Gasteiger partial charge in [-0.05, 0) is 37.5 Å². The first kappa shape index (κ1) is 26.0. The standard InChI is InChI=1S/C19H39N3O2S.HI/c1-16(11-12-17-9-7-6-8-10-17)22-18(20-4)21-15-19(2,3)13-14-25(5,23)24;/h16-17H,6-15H2,1-5H3,(H2,20,21,22);1H. The fraction of sp³-hybridized carbons (Fsp3) is 0.947. The van der Waals surface area contributed by atoms with Crippen LogP contribution in [-0.2, 0) is 9.84 Å². The van der Waals surface area contributed by atoms with Crippen molar-refractivity contribution in [3.63, 3.8) is 0 Å². The molecule has 2 N–H and O–H groups in total. The number of aliphatic imine (C=N–C) groups is 1. The topological polar surface area (TPSA) is 70.6 Å². The molecule has 0 aliphatic heterocycles. The molecule has 1 atom stereocenters. The average Bonchev–Trinajstić information content (AvgIpc) is 2.55. The van der Waals surface area contributed by atoms with Crippen molar-refractivity contribution in [3.05, 3.63) is 0 Å². The minimum absolute atomic E-state index is 0. The lowest BCUT2D eigenvalue weighted by molar-refractivity contribution is 0.321. The van der Waals surface area contributed by atoms with Gasteiger partial charge in [-0.15, -0.1) is 24.0 Å². The highest BCUT2D eigenvalue weighted by Gasteiger charge is 2.21. The molecule has 0 aromatic heterocycles. The Hall–Kier alpha value is -0.0500. The first-order valence-electron chi connectivity index (χ1n) is 9.76. The molecule has 26 heavy (non-hydrogen) atoms. The lowest BCUT2D eigenvalue weighted by atomic mass is 9.85. The van der Waals surface area contributed by atoms with Crippen molar-refractivity contribution >= 4 is 39.8 Å². The van der Waals surface area contributed by atoms with Crippen LogP contribution in [0.2, 0.25) is 0 Å². The molecule has 1 rings (SSSR count). The van der Waals surface area contributed by atoms with E-state index in [0.29, 0.717) is 19.0 Å². The second-order valence-corrected chi connectivity index (χ2v) is 10.9. The molecular weight excluding hydrogens is 461 g/mol. The molecule has 0 aromatic carbocycles. The number of nitrogens with zero attached hydrogens (tertiary/aromatic N) is 1. The first-order chi connectivity index (χ1) is 11.6. The fourth-order valence-corrected chi connectivity index (χ4v) is 4.26. The molecule has 1 unspecified atom stereocenters. The lowest BCUT2D eigenvalue weighted by Crippen LogP contribution is -2.45. The van der Waals surface area contributed by atoms with Crippen LogP contribution in [0, 0.1) is 11.3 Å². The minimum atomic E-state index is -2.91. The molecule has 0 amide bonds. The van der Waals surface area contributed by atoms with Crippen molar-refractivity contribution in [2.45, 2.75) is 78.2 Å². The third kappa shape index (κ3) is 12.4. The Morgan fingerprint density at radius 1 is 1.23 bits per heavy atom. The van der Waals surface area contributed by atoms with Gasteiger partial charge in [0, 0.05) is 25.9 Å². The van der Waals surface area contributed by atoms with Gasteiger partial charge in [-0.25, -0.2) is 8.42 Å². The summed E-state index contributed by atoms with van der Waals surface area (Å²) in [5, 5.41) is 6.83. The van der Waals surface area contributed by atoms with E-state index in [0.717, 1.165) is 11.9 Å². The Bertz CT molecular complexity index is 515. The van der Waals surface area contributed by atoms with Crippen LogP contribution >= 0.6 is 24.0 Å². The summed E-state index contributed by atoms with van der Waals surface area (Å²) in [6.07, 6.45) is 11.4. The van der Waals surface area contributed by atoms with Gasteiger partial charge in [0.1, 0.15) is 9.84 Å². The number of halogens is 1. The maximum atomic E-state index is 11.4. The van der Waals surface area contributed by atoms with Crippen molar-refractivity contribution in [1.82, 2.24) is 10.6 Å². The van der Waals surface area contributed by atoms with E-state index in [1.54, 1.807) is 7.05 Å². The van der Waals surface area contributed by atoms with Crippen molar-refractivity contribution in [2.24, 2.45) is 16.3 Å². The highest BCUT2D eigenvalue weighted by Crippen LogP contribution is 2.27. The predicted molar refractivity (Wildman–Crippen MR) is 123 cm³/mol. The summed E-state index contributed by atoms with van der Waals surface area (Å²) in [6.45, 7) is 7.10. The van der Waals surface area contributed by atoms with Gasteiger partial charge in [-0.3, -0.25) is 4.99 Å². The van der Waals surface area contributed by atoms with Crippen molar-refractivity contribution in [3.8, 4) is 0 Å². The molecule has 7 heteroatoms. The van der Waals surface area contributed by atoms with Crippen LogP contribution in [0.25, 0.3) is 0 Å². The van der Waals surface area contributed by atoms with Crippen LogP contribution in [0.4, 0.5) is 0 Å². The maximum absolute atomic E-state index is 11.4. The third-order valence-electron chi connectivity index (χ3n) is 5.22. The number of nitrogens with one attached hydrogen (secondary N) is 2. The second-order valence-electron chi connectivity index (χ2n) is 8.60. The van der Waals surface area contributed by atoms with Crippen LogP contribution in [0.1, 0.15) is 72.1 Å². The lowest BCUT2D eigenvalue weighted by Gasteiger charge is -2.27. The smallest absolute Gasteiger partial charge is 0.191 e. The summed E-state index contributed by atoms with van der Waals surface area (Å²) < 4.78 is 22.7. The molecule has 0 radical (unpaired) electrons. The van der Waals surface area contributed by atoms with Gasteiger partial charge in [-0.2, -0.15) is 0 Å². The van der Waals surface area contributed by atoms with Gasteiger partial charge in [-0.1, -0.05) is 46.0 Å². The van der Waals surface area contributed by atoms with Crippen LogP contribution < -0.4 is 10.6 Å². The van der Waals surface area contributed by atoms with Crippen molar-refractivity contribution in [1.29, 1.82) is 0 Å². The Morgan fingerprint density at radius 2 is 1.85 bits per heavy atom. The first-order valence-corrected chi connectivity index (χ1v) is 11.8. The summed E-state index contributed by atoms with van der Waals surface area (Å²) in [7, 11) is -1.13. The summed E-state index contributed by atoms with van der Waals surface area (Å²) in [5.74, 6) is 1.94. The van der Waals surface area contributed by atoms with E-state index in [-0.39, 0.29) is 35.1 Å². The quantitative estimate of drug-likeness (QED) is 0.285. The molecule has 0 bridgehead atoms. The van der Waals surface area contributed by atoms with E-state index < -0.39 is 9.84 Å². The van der Waals surface area contributed by atoms with E-state index in [2.05, 4.69) is 36.4 Å². The average molecular weight is 502 g/mol. The van der Waals surface area contributed by atoms with Gasteiger partial charge in [0.2, 0.25) is 0 Å². The molecule has 0 spiro atoms. The summed E-state index contributed by atoms with van der Waals surface area (Å²) in [5.41, 5.74) is -0.0912. The van der Waals surface area contributed by atoms with E-state index in [1.807, 2.05) is 0 Å². The number of hydrogen-bond acceptors (Lipinski definition) is 3. The molecule has 1 fully saturated rings. The Balaban J connectivity index is 0.00000625. The fourth-order valence-electron chi connectivity index (χ4n) is 3.33. The second kappa shape index (κ2) is 12.4. The Kier molecular flexibility index (Phi) is 12.4. The van der Waals surface area contributed by atoms with Crippen molar-refractivity contribution in [2.75, 3.05) is 25.6 Å². The van der Waals surface area contributed by atoms with Gasteiger partial charge < -0.3 is 10.6 Å². The van der Waals surface area contributed by atoms with Crippen LogP contribution in [-0.4, -0.2) is 46.0 Å². The summed E-state index contributed by atoms with van der Waals surface area (Å²) in [4.78, 5) is 4.31. The van der Waals surface area contributed by atoms with Crippen LogP contribution in [0.15, 0.2) is 4.99 Å². The molecular formula is C19H40IN3O2S. The van der Waals surface area contributed by atoms with Gasteiger partial charge >= 0.3 is 0 Å². The van der Waals surface area contributed by atoms with Gasteiger partial charge in [0.25, 0.3) is 0 Å². The minimum Gasteiger partial charge on any atom is -0.356 e. The maximum Gasteiger partial charge on any atom is 0.191 e. The van der Waals surface area contributed by atoms with E-state index in [9.17, 15) is 8.42 Å². The number of hydrogen-bond donors (Lipinski definition) is 2. The van der Waals surface area contributed by atoms with Gasteiger partial charge in [0.15, 0.2) is 5.96 Å². The SMILES string of the molecule is CN=C(NCC(C)(C)CCS(C)(=O)=O)NC(C)CCC1CCCCC1.I. The van der Waals surface area contributed by atoms with E-state index in [4.69, 9.17) is 0 Å². The molecule has 0 aromatic rings. The zero-order valence-electron chi connectivity index (χ0n) is 17.3.